The van der Waals surface area contributed by atoms with Gasteiger partial charge in [0.25, 0.3) is 0 Å². The molecule has 0 unspecified atom stereocenters. The van der Waals surface area contributed by atoms with E-state index in [1.807, 2.05) is 11.8 Å². The Balaban J connectivity index is 2.50. The number of hydrogen-bond donors (Lipinski definition) is 2. The van der Waals surface area contributed by atoms with E-state index < -0.39 is 0 Å². The van der Waals surface area contributed by atoms with E-state index in [0.717, 1.165) is 11.6 Å². The normalized spacial score (nSPS) is 10.6. The van der Waals surface area contributed by atoms with Gasteiger partial charge in [0.2, 0.25) is 11.0 Å². The summed E-state index contributed by atoms with van der Waals surface area (Å²) in [6.45, 7) is 3.76. The van der Waals surface area contributed by atoms with Crippen molar-refractivity contribution in [1.82, 2.24) is 20.4 Å². The van der Waals surface area contributed by atoms with Crippen LogP contribution in [0.1, 0.15) is 11.9 Å². The Bertz CT molecular complexity index is 327. The van der Waals surface area contributed by atoms with Crippen molar-refractivity contribution in [3.63, 3.8) is 0 Å². The molecule has 0 atom stereocenters. The molecule has 1 rings (SSSR count). The van der Waals surface area contributed by atoms with E-state index in [9.17, 15) is 4.79 Å². The molecule has 84 valence electrons. The Kier molecular flexibility index (Phi) is 4.44. The predicted octanol–water partition coefficient (Wildman–Crippen LogP) is -0.312. The number of nitrogens with one attached hydrogen (secondary N) is 1. The predicted molar refractivity (Wildman–Crippen MR) is 59.3 cm³/mol. The van der Waals surface area contributed by atoms with Crippen molar-refractivity contribution in [3.05, 3.63) is 5.01 Å². The number of nitrogen functional groups attached to an aromatic ring is 1. The quantitative estimate of drug-likeness (QED) is 0.723. The molecule has 0 fully saturated rings. The topological polar surface area (TPSA) is 84.1 Å². The van der Waals surface area contributed by atoms with Crippen LogP contribution >= 0.6 is 11.3 Å². The Morgan fingerprint density at radius 1 is 1.60 bits per heavy atom. The van der Waals surface area contributed by atoms with Crippen LogP contribution in [0, 0.1) is 0 Å². The van der Waals surface area contributed by atoms with Crippen LogP contribution in [0.2, 0.25) is 0 Å². The zero-order chi connectivity index (χ0) is 11.3. The maximum Gasteiger partial charge on any atom is 0.233 e. The number of rotatable bonds is 5. The second-order valence-corrected chi connectivity index (χ2v) is 4.10. The summed E-state index contributed by atoms with van der Waals surface area (Å²) < 4.78 is 0. The smallest absolute Gasteiger partial charge is 0.233 e. The number of hydrogen-bond acceptors (Lipinski definition) is 6. The van der Waals surface area contributed by atoms with Crippen LogP contribution < -0.4 is 11.1 Å². The highest BCUT2D eigenvalue weighted by Gasteiger charge is 2.10. The summed E-state index contributed by atoms with van der Waals surface area (Å²) in [6.07, 6.45) is 0. The summed E-state index contributed by atoms with van der Waals surface area (Å²) in [6, 6.07) is 0. The summed E-state index contributed by atoms with van der Waals surface area (Å²) in [7, 11) is 1.62. The molecule has 15 heavy (non-hydrogen) atoms. The van der Waals surface area contributed by atoms with Crippen LogP contribution in [-0.2, 0) is 11.3 Å². The van der Waals surface area contributed by atoms with Gasteiger partial charge in [0.15, 0.2) is 0 Å². The van der Waals surface area contributed by atoms with Crippen LogP contribution in [-0.4, -0.2) is 41.1 Å². The van der Waals surface area contributed by atoms with Crippen LogP contribution in [0.15, 0.2) is 0 Å². The third-order valence-corrected chi connectivity index (χ3v) is 2.67. The molecule has 0 saturated heterocycles. The van der Waals surface area contributed by atoms with Gasteiger partial charge in [-0.1, -0.05) is 18.3 Å². The SMILES string of the molecule is CCN(CC(=O)NC)Cc1nnc(N)s1. The lowest BCUT2D eigenvalue weighted by molar-refractivity contribution is -0.121. The molecule has 3 N–H and O–H groups in total. The zero-order valence-electron chi connectivity index (χ0n) is 8.86. The van der Waals surface area contributed by atoms with Gasteiger partial charge < -0.3 is 11.1 Å². The molecule has 1 aromatic rings. The van der Waals surface area contributed by atoms with E-state index in [4.69, 9.17) is 5.73 Å². The van der Waals surface area contributed by atoms with Crippen molar-refractivity contribution in [2.24, 2.45) is 0 Å². The Hall–Kier alpha value is -1.21. The average molecular weight is 229 g/mol. The van der Waals surface area contributed by atoms with E-state index >= 15 is 0 Å². The van der Waals surface area contributed by atoms with Gasteiger partial charge >= 0.3 is 0 Å². The minimum Gasteiger partial charge on any atom is -0.374 e. The van der Waals surface area contributed by atoms with Gasteiger partial charge in [-0.2, -0.15) is 0 Å². The van der Waals surface area contributed by atoms with E-state index in [1.165, 1.54) is 11.3 Å². The van der Waals surface area contributed by atoms with E-state index in [-0.39, 0.29) is 5.91 Å². The molecule has 0 aliphatic heterocycles. The molecule has 6 nitrogen and oxygen atoms in total. The summed E-state index contributed by atoms with van der Waals surface area (Å²) in [5.74, 6) is -0.00524. The van der Waals surface area contributed by atoms with Crippen LogP contribution in [0.3, 0.4) is 0 Å². The summed E-state index contributed by atoms with van der Waals surface area (Å²) in [5.41, 5.74) is 5.47. The molecule has 0 saturated carbocycles. The summed E-state index contributed by atoms with van der Waals surface area (Å²) in [5, 5.41) is 11.5. The van der Waals surface area contributed by atoms with Crippen molar-refractivity contribution in [1.29, 1.82) is 0 Å². The molecule has 0 bridgehead atoms. The second kappa shape index (κ2) is 5.62. The highest BCUT2D eigenvalue weighted by Crippen LogP contribution is 2.12. The fourth-order valence-electron chi connectivity index (χ4n) is 1.08. The Morgan fingerprint density at radius 3 is 2.80 bits per heavy atom. The Labute approximate surface area is 92.5 Å². The van der Waals surface area contributed by atoms with Gasteiger partial charge in [-0.05, 0) is 6.54 Å². The largest absolute Gasteiger partial charge is 0.374 e. The Morgan fingerprint density at radius 2 is 2.33 bits per heavy atom. The number of nitrogens with two attached hydrogens (primary N) is 1. The molecule has 7 heteroatoms. The minimum atomic E-state index is -0.00524. The van der Waals surface area contributed by atoms with Crippen LogP contribution in [0.5, 0.6) is 0 Å². The van der Waals surface area contributed by atoms with Gasteiger partial charge in [-0.3, -0.25) is 9.69 Å². The van der Waals surface area contributed by atoms with Gasteiger partial charge in [0, 0.05) is 7.05 Å². The third kappa shape index (κ3) is 3.80. The maximum atomic E-state index is 11.2. The molecule has 1 amide bonds. The first-order valence-electron chi connectivity index (χ1n) is 4.66. The fraction of sp³-hybridized carbons (Fsp3) is 0.625. The van der Waals surface area contributed by atoms with Gasteiger partial charge in [0.05, 0.1) is 13.1 Å². The number of amides is 1. The van der Waals surface area contributed by atoms with Crippen LogP contribution in [0.25, 0.3) is 0 Å². The second-order valence-electron chi connectivity index (χ2n) is 3.01. The number of likely N-dealkylation sites (N-methyl/N-ethyl adjacent to an activating group) is 2. The molecular formula is C8H15N5OS. The lowest BCUT2D eigenvalue weighted by Crippen LogP contribution is -2.35. The molecule has 0 radical (unpaired) electrons. The van der Waals surface area contributed by atoms with E-state index in [1.54, 1.807) is 7.05 Å². The highest BCUT2D eigenvalue weighted by atomic mass is 32.1. The van der Waals surface area contributed by atoms with Crippen molar-refractivity contribution in [2.75, 3.05) is 25.9 Å². The molecular weight excluding hydrogens is 214 g/mol. The lowest BCUT2D eigenvalue weighted by Gasteiger charge is -2.17. The molecule has 0 aliphatic rings. The van der Waals surface area contributed by atoms with E-state index in [2.05, 4.69) is 15.5 Å². The monoisotopic (exact) mass is 229 g/mol. The van der Waals surface area contributed by atoms with Crippen LogP contribution in [0.4, 0.5) is 5.13 Å². The van der Waals surface area contributed by atoms with Gasteiger partial charge in [0.1, 0.15) is 5.01 Å². The molecule has 1 heterocycles. The average Bonchev–Trinajstić information content (AvgIpc) is 2.62. The summed E-state index contributed by atoms with van der Waals surface area (Å²) in [4.78, 5) is 13.1. The molecule has 0 aliphatic carbocycles. The van der Waals surface area contributed by atoms with Crippen molar-refractivity contribution in [2.45, 2.75) is 13.5 Å². The zero-order valence-corrected chi connectivity index (χ0v) is 9.67. The standard InChI is InChI=1S/C8H15N5OS/c1-3-13(4-6(14)10-2)5-7-11-12-8(9)15-7/h3-5H2,1-2H3,(H2,9,12)(H,10,14). The number of aromatic nitrogens is 2. The van der Waals surface area contributed by atoms with Gasteiger partial charge in [-0.25, -0.2) is 0 Å². The minimum absolute atomic E-state index is 0.00524. The van der Waals surface area contributed by atoms with Crippen molar-refractivity contribution >= 4 is 22.4 Å². The molecule has 0 aromatic carbocycles. The summed E-state index contributed by atoms with van der Waals surface area (Å²) >= 11 is 1.35. The lowest BCUT2D eigenvalue weighted by atomic mass is 10.4. The molecule has 0 spiro atoms. The van der Waals surface area contributed by atoms with Crippen molar-refractivity contribution in [3.8, 4) is 0 Å². The number of carbonyl (C=O) groups excluding carboxylic acids is 1. The number of carbonyl (C=O) groups is 1. The number of anilines is 1. The van der Waals surface area contributed by atoms with Gasteiger partial charge in [-0.15, -0.1) is 10.2 Å². The first-order chi connectivity index (χ1) is 7.15. The van der Waals surface area contributed by atoms with E-state index in [0.29, 0.717) is 18.2 Å². The first-order valence-corrected chi connectivity index (χ1v) is 5.48. The maximum absolute atomic E-state index is 11.2. The molecule has 1 aromatic heterocycles. The number of nitrogens with zero attached hydrogens (tertiary/aromatic N) is 3. The first kappa shape index (κ1) is 11.9. The third-order valence-electron chi connectivity index (χ3n) is 1.93. The fourth-order valence-corrected chi connectivity index (χ4v) is 1.74. The highest BCUT2D eigenvalue weighted by molar-refractivity contribution is 7.15. The van der Waals surface area contributed by atoms with Crippen molar-refractivity contribution < 1.29 is 4.79 Å².